The molecule has 13 nitrogen and oxygen atoms in total. The number of likely N-dealkylation sites (N-methyl/N-ethyl adjacent to an activating group) is 1. The number of hydrogen-bond acceptors (Lipinski definition) is 6. The summed E-state index contributed by atoms with van der Waals surface area (Å²) < 4.78 is 0. The van der Waals surface area contributed by atoms with E-state index in [9.17, 15) is 29.1 Å². The van der Waals surface area contributed by atoms with Gasteiger partial charge >= 0.3 is 11.9 Å². The van der Waals surface area contributed by atoms with Gasteiger partial charge in [0, 0.05) is 31.4 Å². The van der Waals surface area contributed by atoms with Crippen molar-refractivity contribution >= 4 is 41.3 Å². The van der Waals surface area contributed by atoms with Crippen LogP contribution < -0.4 is 11.1 Å². The number of carbonyl (C=O) groups is 5. The van der Waals surface area contributed by atoms with Gasteiger partial charge in [-0.3, -0.25) is 24.6 Å². The van der Waals surface area contributed by atoms with E-state index in [1.165, 1.54) is 41.1 Å². The SMILES string of the molecule is CN(C(=O)c1cccc(NC(=O)CN2CCN(C(=N)N)CC2=O)c1)[C@@](C)(CC(=O)O)C(=O)O. The molecule has 0 aromatic heterocycles. The van der Waals surface area contributed by atoms with Crippen LogP contribution in [0.5, 0.6) is 0 Å². The van der Waals surface area contributed by atoms with Crippen molar-refractivity contribution in [1.82, 2.24) is 14.7 Å². The maximum atomic E-state index is 12.8. The maximum absolute atomic E-state index is 12.8. The largest absolute Gasteiger partial charge is 0.481 e. The van der Waals surface area contributed by atoms with Gasteiger partial charge in [0.25, 0.3) is 5.91 Å². The minimum absolute atomic E-state index is 0.0410. The number of benzene rings is 1. The normalized spacial score (nSPS) is 15.4. The van der Waals surface area contributed by atoms with E-state index in [0.29, 0.717) is 6.54 Å². The van der Waals surface area contributed by atoms with Crippen LogP contribution in [0.1, 0.15) is 23.7 Å². The van der Waals surface area contributed by atoms with Crippen LogP contribution in [0, 0.1) is 5.41 Å². The Morgan fingerprint density at radius 3 is 2.45 bits per heavy atom. The average Bonchev–Trinajstić information content (AvgIpc) is 2.73. The molecule has 0 aliphatic carbocycles. The Hall–Kier alpha value is -4.16. The number of guanidine groups is 1. The van der Waals surface area contributed by atoms with Crippen LogP contribution >= 0.6 is 0 Å². The van der Waals surface area contributed by atoms with Gasteiger partial charge in [-0.1, -0.05) is 6.07 Å². The molecule has 33 heavy (non-hydrogen) atoms. The predicted molar refractivity (Wildman–Crippen MR) is 116 cm³/mol. The Labute approximate surface area is 189 Å². The van der Waals surface area contributed by atoms with Gasteiger partial charge in [-0.25, -0.2) is 4.79 Å². The number of carboxylic acids is 2. The van der Waals surface area contributed by atoms with Gasteiger partial charge in [-0.05, 0) is 25.1 Å². The summed E-state index contributed by atoms with van der Waals surface area (Å²) in [5.41, 5.74) is 3.67. The molecule has 1 heterocycles. The van der Waals surface area contributed by atoms with Crippen LogP contribution in [0.4, 0.5) is 5.69 Å². The summed E-state index contributed by atoms with van der Waals surface area (Å²) in [5, 5.41) is 28.5. The summed E-state index contributed by atoms with van der Waals surface area (Å²) >= 11 is 0. The van der Waals surface area contributed by atoms with E-state index in [2.05, 4.69) is 5.32 Å². The van der Waals surface area contributed by atoms with Gasteiger partial charge in [-0.15, -0.1) is 0 Å². The van der Waals surface area contributed by atoms with Crippen LogP contribution in [0.2, 0.25) is 0 Å². The third-order valence-electron chi connectivity index (χ3n) is 5.39. The fraction of sp³-hybridized carbons (Fsp3) is 0.400. The van der Waals surface area contributed by atoms with Crippen LogP contribution in [-0.2, 0) is 19.2 Å². The van der Waals surface area contributed by atoms with Crippen molar-refractivity contribution in [2.45, 2.75) is 18.9 Å². The summed E-state index contributed by atoms with van der Waals surface area (Å²) in [6, 6.07) is 5.72. The van der Waals surface area contributed by atoms with E-state index < -0.39 is 35.7 Å². The van der Waals surface area contributed by atoms with Gasteiger partial charge < -0.3 is 36.0 Å². The van der Waals surface area contributed by atoms with E-state index in [-0.39, 0.29) is 42.8 Å². The van der Waals surface area contributed by atoms with Crippen molar-refractivity contribution in [3.8, 4) is 0 Å². The summed E-state index contributed by atoms with van der Waals surface area (Å²) in [4.78, 5) is 63.7. The van der Waals surface area contributed by atoms with E-state index in [4.69, 9.17) is 16.2 Å². The Kier molecular flexibility index (Phi) is 7.59. The number of aliphatic carboxylic acids is 2. The fourth-order valence-electron chi connectivity index (χ4n) is 3.24. The minimum atomic E-state index is -1.98. The lowest BCUT2D eigenvalue weighted by atomic mass is 9.95. The molecule has 178 valence electrons. The highest BCUT2D eigenvalue weighted by molar-refractivity contribution is 6.01. The van der Waals surface area contributed by atoms with E-state index in [1.807, 2.05) is 0 Å². The molecule has 0 unspecified atom stereocenters. The van der Waals surface area contributed by atoms with Crippen LogP contribution in [0.25, 0.3) is 0 Å². The van der Waals surface area contributed by atoms with Crippen molar-refractivity contribution in [1.29, 1.82) is 5.41 Å². The Balaban J connectivity index is 2.08. The number of rotatable bonds is 8. The first kappa shape index (κ1) is 25.1. The van der Waals surface area contributed by atoms with Gasteiger partial charge in [0.15, 0.2) is 5.96 Å². The molecular weight excluding hydrogens is 436 g/mol. The summed E-state index contributed by atoms with van der Waals surface area (Å²) in [6.45, 7) is 1.34. The Morgan fingerprint density at radius 2 is 1.91 bits per heavy atom. The molecule has 1 aliphatic heterocycles. The van der Waals surface area contributed by atoms with Crippen molar-refractivity contribution in [3.63, 3.8) is 0 Å². The first-order chi connectivity index (χ1) is 15.3. The van der Waals surface area contributed by atoms with Gasteiger partial charge in [0.05, 0.1) is 19.5 Å². The summed E-state index contributed by atoms with van der Waals surface area (Å²) in [6.07, 6.45) is -0.800. The molecule has 1 fully saturated rings. The molecule has 3 amide bonds. The van der Waals surface area contributed by atoms with Gasteiger partial charge in [0.2, 0.25) is 11.8 Å². The highest BCUT2D eigenvalue weighted by Gasteiger charge is 2.42. The zero-order valence-electron chi connectivity index (χ0n) is 18.2. The molecule has 0 radical (unpaired) electrons. The highest BCUT2D eigenvalue weighted by atomic mass is 16.4. The number of nitrogens with zero attached hydrogens (tertiary/aromatic N) is 3. The minimum Gasteiger partial charge on any atom is -0.481 e. The number of nitrogens with one attached hydrogen (secondary N) is 2. The standard InChI is InChI=1S/C20H26N6O7/c1-20(18(32)33,9-16(29)30)24(2)17(31)12-4-3-5-13(8-12)23-14(27)10-25-6-7-26(19(21)22)11-15(25)28/h3-5,8H,6-7,9-11H2,1-2H3,(H3,21,22)(H,23,27)(H,29,30)(H,32,33)/t20-/m0/s1. The third kappa shape index (κ3) is 5.96. The van der Waals surface area contributed by atoms with E-state index in [0.717, 1.165) is 11.8 Å². The molecule has 2 rings (SSSR count). The molecular formula is C20H26N6O7. The molecule has 13 heteroatoms. The van der Waals surface area contributed by atoms with Gasteiger partial charge in [-0.2, -0.15) is 0 Å². The molecule has 0 bridgehead atoms. The lowest BCUT2D eigenvalue weighted by molar-refractivity contribution is -0.154. The zero-order valence-corrected chi connectivity index (χ0v) is 18.2. The lowest BCUT2D eigenvalue weighted by Gasteiger charge is -2.34. The number of carbonyl (C=O) groups excluding carboxylic acids is 3. The first-order valence-electron chi connectivity index (χ1n) is 9.85. The number of amides is 3. The van der Waals surface area contributed by atoms with Crippen molar-refractivity contribution in [2.75, 3.05) is 38.5 Å². The maximum Gasteiger partial charge on any atom is 0.329 e. The fourth-order valence-corrected chi connectivity index (χ4v) is 3.24. The molecule has 6 N–H and O–H groups in total. The number of carboxylic acid groups (broad SMARTS) is 2. The number of piperazine rings is 1. The van der Waals surface area contributed by atoms with Crippen molar-refractivity contribution in [2.24, 2.45) is 5.73 Å². The third-order valence-corrected chi connectivity index (χ3v) is 5.39. The van der Waals surface area contributed by atoms with Gasteiger partial charge in [0.1, 0.15) is 5.54 Å². The number of nitrogens with two attached hydrogens (primary N) is 1. The molecule has 0 spiro atoms. The summed E-state index contributed by atoms with van der Waals surface area (Å²) in [7, 11) is 1.19. The number of hydrogen-bond donors (Lipinski definition) is 5. The van der Waals surface area contributed by atoms with E-state index in [1.54, 1.807) is 0 Å². The Morgan fingerprint density at radius 1 is 1.24 bits per heavy atom. The topological polar surface area (TPSA) is 197 Å². The second-order valence-corrected chi connectivity index (χ2v) is 7.76. The van der Waals surface area contributed by atoms with Crippen LogP contribution in [0.3, 0.4) is 0 Å². The van der Waals surface area contributed by atoms with E-state index >= 15 is 0 Å². The molecule has 1 atom stereocenters. The average molecular weight is 462 g/mol. The second kappa shape index (κ2) is 9.97. The summed E-state index contributed by atoms with van der Waals surface area (Å²) in [5.74, 6) is -4.68. The predicted octanol–water partition coefficient (Wildman–Crippen LogP) is -0.947. The Bertz CT molecular complexity index is 997. The highest BCUT2D eigenvalue weighted by Crippen LogP contribution is 2.22. The van der Waals surface area contributed by atoms with Crippen LogP contribution in [0.15, 0.2) is 24.3 Å². The smallest absolute Gasteiger partial charge is 0.329 e. The van der Waals surface area contributed by atoms with Crippen LogP contribution in [-0.4, -0.2) is 99.3 Å². The molecule has 1 aliphatic rings. The quantitative estimate of drug-likeness (QED) is 0.239. The number of anilines is 1. The molecule has 1 saturated heterocycles. The zero-order chi connectivity index (χ0) is 24.9. The molecule has 1 aromatic rings. The van der Waals surface area contributed by atoms with Crippen molar-refractivity contribution in [3.05, 3.63) is 29.8 Å². The monoisotopic (exact) mass is 462 g/mol. The first-order valence-corrected chi connectivity index (χ1v) is 9.85. The second-order valence-electron chi connectivity index (χ2n) is 7.76. The van der Waals surface area contributed by atoms with Crippen molar-refractivity contribution < 1.29 is 34.2 Å². The lowest BCUT2D eigenvalue weighted by Crippen LogP contribution is -2.55. The molecule has 0 saturated carbocycles. The molecule has 1 aromatic carbocycles.